The van der Waals surface area contributed by atoms with Crippen LogP contribution in [0.5, 0.6) is 6.01 Å². The first kappa shape index (κ1) is 15.2. The lowest BCUT2D eigenvalue weighted by Crippen LogP contribution is -2.35. The highest BCUT2D eigenvalue weighted by Crippen LogP contribution is 2.32. The molecule has 0 fully saturated rings. The summed E-state index contributed by atoms with van der Waals surface area (Å²) in [5, 5.41) is 4.03. The Kier molecular flexibility index (Phi) is 5.82. The number of aromatic nitrogens is 2. The van der Waals surface area contributed by atoms with Gasteiger partial charge in [0.25, 0.3) is 0 Å². The van der Waals surface area contributed by atoms with E-state index in [0.29, 0.717) is 23.0 Å². The Morgan fingerprint density at radius 3 is 2.56 bits per heavy atom. The average molecular weight is 272 g/mol. The normalized spacial score (nSPS) is 14.6. The smallest absolute Gasteiger partial charge is 0.316 e. The molecule has 1 rings (SSSR count). The first-order valence-corrected chi connectivity index (χ1v) is 6.68. The maximum Gasteiger partial charge on any atom is 0.316 e. The number of methoxy groups -OCH3 is 1. The number of likely N-dealkylation sites (N-methyl/N-ethyl adjacent to an activating group) is 1. The van der Waals surface area contributed by atoms with Gasteiger partial charge in [-0.25, -0.2) is 4.98 Å². The molecule has 0 amide bonds. The predicted molar refractivity (Wildman–Crippen MR) is 74.3 cm³/mol. The summed E-state index contributed by atoms with van der Waals surface area (Å²) in [5.74, 6) is 0.658. The van der Waals surface area contributed by atoms with E-state index in [1.165, 1.54) is 0 Å². The third-order valence-corrected chi connectivity index (χ3v) is 3.32. The van der Waals surface area contributed by atoms with Crippen LogP contribution in [-0.2, 0) is 0 Å². The summed E-state index contributed by atoms with van der Waals surface area (Å²) in [4.78, 5) is 8.43. The van der Waals surface area contributed by atoms with Gasteiger partial charge >= 0.3 is 6.01 Å². The van der Waals surface area contributed by atoms with Gasteiger partial charge in [-0.05, 0) is 19.4 Å². The third kappa shape index (κ3) is 3.56. The van der Waals surface area contributed by atoms with Crippen molar-refractivity contribution >= 4 is 11.6 Å². The SMILES string of the molecule is CCNC(C)C(c1nc(OC)ncc1Cl)C(C)C. The zero-order chi connectivity index (χ0) is 13.7. The zero-order valence-electron chi connectivity index (χ0n) is 11.7. The number of nitrogens with one attached hydrogen (secondary N) is 1. The first-order chi connectivity index (χ1) is 8.51. The quantitative estimate of drug-likeness (QED) is 0.864. The Balaban J connectivity index is 3.12. The van der Waals surface area contributed by atoms with Crippen molar-refractivity contribution in [2.45, 2.75) is 39.7 Å². The summed E-state index contributed by atoms with van der Waals surface area (Å²) >= 11 is 6.23. The molecule has 1 aromatic rings. The molecule has 1 heterocycles. The Morgan fingerprint density at radius 1 is 1.39 bits per heavy atom. The fourth-order valence-electron chi connectivity index (χ4n) is 2.27. The van der Waals surface area contributed by atoms with Crippen molar-refractivity contribution in [2.75, 3.05) is 13.7 Å². The zero-order valence-corrected chi connectivity index (χ0v) is 12.5. The lowest BCUT2D eigenvalue weighted by Gasteiger charge is -2.28. The van der Waals surface area contributed by atoms with Crippen LogP contribution < -0.4 is 10.1 Å². The van der Waals surface area contributed by atoms with Gasteiger partial charge in [-0.2, -0.15) is 4.98 Å². The number of ether oxygens (including phenoxy) is 1. The van der Waals surface area contributed by atoms with Crippen LogP contribution in [0.15, 0.2) is 6.20 Å². The van der Waals surface area contributed by atoms with Crippen LogP contribution in [0.4, 0.5) is 0 Å². The molecule has 2 unspecified atom stereocenters. The van der Waals surface area contributed by atoms with Gasteiger partial charge in [0.15, 0.2) is 0 Å². The van der Waals surface area contributed by atoms with E-state index in [1.54, 1.807) is 13.3 Å². The average Bonchev–Trinajstić information content (AvgIpc) is 2.31. The lowest BCUT2D eigenvalue weighted by molar-refractivity contribution is 0.354. The molecule has 0 spiro atoms. The van der Waals surface area contributed by atoms with Crippen LogP contribution in [0.25, 0.3) is 0 Å². The van der Waals surface area contributed by atoms with Crippen molar-refractivity contribution in [1.29, 1.82) is 0 Å². The van der Waals surface area contributed by atoms with Gasteiger partial charge in [-0.3, -0.25) is 0 Å². The van der Waals surface area contributed by atoms with Crippen molar-refractivity contribution in [3.05, 3.63) is 16.9 Å². The minimum Gasteiger partial charge on any atom is -0.467 e. The number of hydrogen-bond donors (Lipinski definition) is 1. The number of rotatable bonds is 6. The van der Waals surface area contributed by atoms with Gasteiger partial charge in [0, 0.05) is 12.0 Å². The maximum absolute atomic E-state index is 6.23. The molecule has 5 heteroatoms. The van der Waals surface area contributed by atoms with E-state index in [4.69, 9.17) is 16.3 Å². The minimum absolute atomic E-state index is 0.231. The van der Waals surface area contributed by atoms with Crippen molar-refractivity contribution in [3.63, 3.8) is 0 Å². The van der Waals surface area contributed by atoms with E-state index in [0.717, 1.165) is 12.2 Å². The second-order valence-corrected chi connectivity index (χ2v) is 5.11. The van der Waals surface area contributed by atoms with Gasteiger partial charge in [-0.15, -0.1) is 0 Å². The molecule has 0 bridgehead atoms. The van der Waals surface area contributed by atoms with E-state index in [-0.39, 0.29) is 5.92 Å². The largest absolute Gasteiger partial charge is 0.467 e. The highest BCUT2D eigenvalue weighted by molar-refractivity contribution is 6.31. The van der Waals surface area contributed by atoms with E-state index < -0.39 is 0 Å². The fourth-order valence-corrected chi connectivity index (χ4v) is 2.49. The number of hydrogen-bond acceptors (Lipinski definition) is 4. The van der Waals surface area contributed by atoms with Crippen LogP contribution in [0.3, 0.4) is 0 Å². The Bertz CT molecular complexity index is 384. The molecule has 18 heavy (non-hydrogen) atoms. The molecule has 0 saturated heterocycles. The molecule has 1 aromatic heterocycles. The molecule has 102 valence electrons. The maximum atomic E-state index is 6.23. The summed E-state index contributed by atoms with van der Waals surface area (Å²) in [6.45, 7) is 9.51. The summed E-state index contributed by atoms with van der Waals surface area (Å²) in [7, 11) is 1.56. The highest BCUT2D eigenvalue weighted by Gasteiger charge is 2.26. The van der Waals surface area contributed by atoms with Crippen molar-refractivity contribution in [1.82, 2.24) is 15.3 Å². The fraction of sp³-hybridized carbons (Fsp3) is 0.692. The summed E-state index contributed by atoms with van der Waals surface area (Å²) < 4.78 is 5.08. The molecule has 0 saturated carbocycles. The van der Waals surface area contributed by atoms with Gasteiger partial charge in [0.2, 0.25) is 0 Å². The van der Waals surface area contributed by atoms with Crippen LogP contribution in [0.2, 0.25) is 5.02 Å². The Labute approximate surface area is 114 Å². The van der Waals surface area contributed by atoms with Crippen LogP contribution in [-0.4, -0.2) is 29.7 Å². The minimum atomic E-state index is 0.231. The molecule has 4 nitrogen and oxygen atoms in total. The third-order valence-electron chi connectivity index (χ3n) is 3.03. The first-order valence-electron chi connectivity index (χ1n) is 6.31. The molecule has 0 aliphatic heterocycles. The Hall–Kier alpha value is -0.870. The van der Waals surface area contributed by atoms with Gasteiger partial charge < -0.3 is 10.1 Å². The lowest BCUT2D eigenvalue weighted by atomic mass is 9.86. The predicted octanol–water partition coefficient (Wildman–Crippen LogP) is 2.88. The molecule has 0 aliphatic carbocycles. The van der Waals surface area contributed by atoms with E-state index >= 15 is 0 Å². The molecule has 0 aliphatic rings. The Morgan fingerprint density at radius 2 is 2.06 bits per heavy atom. The van der Waals surface area contributed by atoms with Crippen LogP contribution in [0, 0.1) is 5.92 Å². The molecule has 1 N–H and O–H groups in total. The second kappa shape index (κ2) is 6.90. The topological polar surface area (TPSA) is 47.0 Å². The van der Waals surface area contributed by atoms with E-state index in [1.807, 2.05) is 0 Å². The van der Waals surface area contributed by atoms with Crippen LogP contribution in [0.1, 0.15) is 39.3 Å². The number of halogens is 1. The summed E-state index contributed by atoms with van der Waals surface area (Å²) in [6.07, 6.45) is 1.61. The molecular formula is C13H22ClN3O. The van der Waals surface area contributed by atoms with Gasteiger partial charge in [-0.1, -0.05) is 32.4 Å². The van der Waals surface area contributed by atoms with Crippen molar-refractivity contribution in [3.8, 4) is 6.01 Å². The molecular weight excluding hydrogens is 250 g/mol. The molecule has 2 atom stereocenters. The summed E-state index contributed by atoms with van der Waals surface area (Å²) in [6, 6.07) is 0.663. The van der Waals surface area contributed by atoms with E-state index in [2.05, 4.69) is 43.0 Å². The summed E-state index contributed by atoms with van der Waals surface area (Å²) in [5.41, 5.74) is 0.854. The number of nitrogens with zero attached hydrogens (tertiary/aromatic N) is 2. The monoisotopic (exact) mass is 271 g/mol. The van der Waals surface area contributed by atoms with Crippen molar-refractivity contribution < 1.29 is 4.74 Å². The van der Waals surface area contributed by atoms with E-state index in [9.17, 15) is 0 Å². The van der Waals surface area contributed by atoms with Crippen LogP contribution >= 0.6 is 11.6 Å². The van der Waals surface area contributed by atoms with Crippen molar-refractivity contribution in [2.24, 2.45) is 5.92 Å². The highest BCUT2D eigenvalue weighted by atomic mass is 35.5. The molecule has 0 radical (unpaired) electrons. The van der Waals surface area contributed by atoms with Gasteiger partial charge in [0.1, 0.15) is 0 Å². The second-order valence-electron chi connectivity index (χ2n) is 4.71. The molecule has 0 aromatic carbocycles. The standard InChI is InChI=1S/C13H22ClN3O/c1-6-15-9(4)11(8(2)3)12-10(14)7-16-13(17-12)18-5/h7-9,11,15H,6H2,1-5H3. The van der Waals surface area contributed by atoms with Gasteiger partial charge in [0.05, 0.1) is 24.0 Å².